The molecule has 2 aromatic heterocycles. The zero-order valence-electron chi connectivity index (χ0n) is 15.3. The molecule has 0 bridgehead atoms. The summed E-state index contributed by atoms with van der Waals surface area (Å²) >= 11 is 0. The molecule has 0 saturated carbocycles. The van der Waals surface area contributed by atoms with Crippen LogP contribution in [0.25, 0.3) is 0 Å². The van der Waals surface area contributed by atoms with Gasteiger partial charge in [0.05, 0.1) is 18.4 Å². The van der Waals surface area contributed by atoms with E-state index in [2.05, 4.69) is 30.2 Å². The van der Waals surface area contributed by atoms with E-state index >= 15 is 0 Å². The molecule has 136 valence electrons. The minimum absolute atomic E-state index is 0.778. The lowest BCUT2D eigenvalue weighted by atomic mass is 10.2. The fraction of sp³-hybridized carbons (Fsp3) is 0.588. The summed E-state index contributed by atoms with van der Waals surface area (Å²) in [6, 6.07) is 1.85. The zero-order valence-corrected chi connectivity index (χ0v) is 15.3. The first-order valence-electron chi connectivity index (χ1n) is 8.70. The van der Waals surface area contributed by atoms with Crippen LogP contribution < -0.4 is 15.0 Å². The molecule has 3 rings (SSSR count). The first-order valence-corrected chi connectivity index (χ1v) is 8.70. The van der Waals surface area contributed by atoms with Gasteiger partial charge in [-0.15, -0.1) is 0 Å². The van der Waals surface area contributed by atoms with Crippen LogP contribution in [0.4, 0.5) is 5.95 Å². The van der Waals surface area contributed by atoms with E-state index in [0.717, 1.165) is 68.9 Å². The fourth-order valence-corrected chi connectivity index (χ4v) is 3.22. The Kier molecular flexibility index (Phi) is 5.83. The molecule has 2 aromatic rings. The number of piperazine rings is 1. The number of hydrogen-bond donors (Lipinski definition) is 1. The third-order valence-electron chi connectivity index (χ3n) is 4.60. The van der Waals surface area contributed by atoms with Crippen LogP contribution >= 0.6 is 0 Å². The van der Waals surface area contributed by atoms with Crippen molar-refractivity contribution in [3.63, 3.8) is 0 Å². The quantitative estimate of drug-likeness (QED) is 0.730. The van der Waals surface area contributed by atoms with E-state index in [-0.39, 0.29) is 0 Å². The SMILES string of the molecule is COc1c(CNCCN2CCN(c3ncccn3)CC2)c(C)nn1C. The van der Waals surface area contributed by atoms with Gasteiger partial charge in [0.2, 0.25) is 11.8 Å². The molecule has 1 aliphatic heterocycles. The second kappa shape index (κ2) is 8.26. The molecule has 8 nitrogen and oxygen atoms in total. The summed E-state index contributed by atoms with van der Waals surface area (Å²) in [7, 11) is 3.60. The lowest BCUT2D eigenvalue weighted by Crippen LogP contribution is -2.48. The Balaban J connectivity index is 1.39. The lowest BCUT2D eigenvalue weighted by Gasteiger charge is -2.34. The van der Waals surface area contributed by atoms with Gasteiger partial charge < -0.3 is 15.0 Å². The highest BCUT2D eigenvalue weighted by atomic mass is 16.5. The second-order valence-electron chi connectivity index (χ2n) is 6.25. The molecule has 0 atom stereocenters. The maximum Gasteiger partial charge on any atom is 0.225 e. The molecular formula is C17H27N7O. The number of hydrogen-bond acceptors (Lipinski definition) is 7. The van der Waals surface area contributed by atoms with E-state index in [1.807, 2.05) is 20.0 Å². The Morgan fingerprint density at radius 2 is 1.88 bits per heavy atom. The van der Waals surface area contributed by atoms with Crippen LogP contribution in [0, 0.1) is 6.92 Å². The molecule has 0 amide bonds. The van der Waals surface area contributed by atoms with E-state index in [1.54, 1.807) is 24.2 Å². The molecular weight excluding hydrogens is 318 g/mol. The van der Waals surface area contributed by atoms with Gasteiger partial charge in [0.1, 0.15) is 0 Å². The van der Waals surface area contributed by atoms with Gasteiger partial charge >= 0.3 is 0 Å². The topological polar surface area (TPSA) is 71.3 Å². The molecule has 0 radical (unpaired) electrons. The van der Waals surface area contributed by atoms with Crippen molar-refractivity contribution in [2.75, 3.05) is 51.3 Å². The van der Waals surface area contributed by atoms with Gasteiger partial charge in [-0.2, -0.15) is 5.10 Å². The van der Waals surface area contributed by atoms with E-state index < -0.39 is 0 Å². The number of nitrogens with zero attached hydrogens (tertiary/aromatic N) is 6. The molecule has 1 saturated heterocycles. The summed E-state index contributed by atoms with van der Waals surface area (Å²) in [6.45, 7) is 8.79. The van der Waals surface area contributed by atoms with Crippen molar-refractivity contribution in [2.24, 2.45) is 7.05 Å². The number of ether oxygens (including phenoxy) is 1. The summed E-state index contributed by atoms with van der Waals surface area (Å²) in [5, 5.41) is 7.92. The van der Waals surface area contributed by atoms with Crippen LogP contribution in [-0.4, -0.2) is 71.0 Å². The Bertz CT molecular complexity index is 665. The van der Waals surface area contributed by atoms with E-state index in [1.165, 1.54) is 0 Å². The van der Waals surface area contributed by atoms with Crippen LogP contribution in [0.5, 0.6) is 5.88 Å². The van der Waals surface area contributed by atoms with Gasteiger partial charge in [0.25, 0.3) is 0 Å². The van der Waals surface area contributed by atoms with Crippen molar-refractivity contribution in [2.45, 2.75) is 13.5 Å². The van der Waals surface area contributed by atoms with E-state index in [4.69, 9.17) is 4.74 Å². The number of aryl methyl sites for hydroxylation is 2. The minimum atomic E-state index is 0.778. The molecule has 1 fully saturated rings. The normalized spacial score (nSPS) is 15.6. The van der Waals surface area contributed by atoms with Crippen molar-refractivity contribution >= 4 is 5.95 Å². The summed E-state index contributed by atoms with van der Waals surface area (Å²) in [6.07, 6.45) is 3.60. The molecule has 8 heteroatoms. The molecule has 0 unspecified atom stereocenters. The second-order valence-corrected chi connectivity index (χ2v) is 6.25. The van der Waals surface area contributed by atoms with Crippen molar-refractivity contribution in [1.82, 2.24) is 30.0 Å². The van der Waals surface area contributed by atoms with Gasteiger partial charge in [-0.1, -0.05) is 0 Å². The van der Waals surface area contributed by atoms with Crippen LogP contribution in [-0.2, 0) is 13.6 Å². The van der Waals surface area contributed by atoms with Crippen molar-refractivity contribution in [3.8, 4) is 5.88 Å². The third-order valence-corrected chi connectivity index (χ3v) is 4.60. The summed E-state index contributed by atoms with van der Waals surface area (Å²) in [5.41, 5.74) is 2.15. The molecule has 3 heterocycles. The smallest absolute Gasteiger partial charge is 0.225 e. The molecule has 0 aliphatic carbocycles. The van der Waals surface area contributed by atoms with E-state index in [0.29, 0.717) is 0 Å². The zero-order chi connectivity index (χ0) is 17.6. The monoisotopic (exact) mass is 345 g/mol. The molecule has 0 aromatic carbocycles. The Morgan fingerprint density at radius 3 is 2.56 bits per heavy atom. The largest absolute Gasteiger partial charge is 0.481 e. The van der Waals surface area contributed by atoms with Crippen molar-refractivity contribution in [3.05, 3.63) is 29.7 Å². The highest BCUT2D eigenvalue weighted by molar-refractivity contribution is 5.31. The number of anilines is 1. The summed E-state index contributed by atoms with van der Waals surface area (Å²) in [5.74, 6) is 1.67. The van der Waals surface area contributed by atoms with Crippen LogP contribution in [0.2, 0.25) is 0 Å². The van der Waals surface area contributed by atoms with Gasteiger partial charge in [-0.3, -0.25) is 4.90 Å². The molecule has 25 heavy (non-hydrogen) atoms. The van der Waals surface area contributed by atoms with Gasteiger partial charge in [0.15, 0.2) is 0 Å². The van der Waals surface area contributed by atoms with Gasteiger partial charge in [0, 0.05) is 65.3 Å². The maximum atomic E-state index is 5.43. The predicted molar refractivity (Wildman–Crippen MR) is 96.9 cm³/mol. The minimum Gasteiger partial charge on any atom is -0.481 e. The number of aromatic nitrogens is 4. The maximum absolute atomic E-state index is 5.43. The first kappa shape index (κ1) is 17.6. The average molecular weight is 345 g/mol. The lowest BCUT2D eigenvalue weighted by molar-refractivity contribution is 0.256. The van der Waals surface area contributed by atoms with Crippen LogP contribution in [0.3, 0.4) is 0 Å². The number of nitrogens with one attached hydrogen (secondary N) is 1. The van der Waals surface area contributed by atoms with Crippen LogP contribution in [0.1, 0.15) is 11.3 Å². The number of methoxy groups -OCH3 is 1. The molecule has 1 aliphatic rings. The Morgan fingerprint density at radius 1 is 1.16 bits per heavy atom. The molecule has 0 spiro atoms. The number of rotatable bonds is 7. The molecule has 1 N–H and O–H groups in total. The van der Waals surface area contributed by atoms with Gasteiger partial charge in [-0.05, 0) is 13.0 Å². The first-order chi connectivity index (χ1) is 12.2. The summed E-state index contributed by atoms with van der Waals surface area (Å²) in [4.78, 5) is 13.4. The highest BCUT2D eigenvalue weighted by Gasteiger charge is 2.18. The van der Waals surface area contributed by atoms with Gasteiger partial charge in [-0.25, -0.2) is 14.6 Å². The van der Waals surface area contributed by atoms with Crippen LogP contribution in [0.15, 0.2) is 18.5 Å². The average Bonchev–Trinajstić information content (AvgIpc) is 2.92. The van der Waals surface area contributed by atoms with Crippen molar-refractivity contribution in [1.29, 1.82) is 0 Å². The Labute approximate surface area is 148 Å². The highest BCUT2D eigenvalue weighted by Crippen LogP contribution is 2.20. The third kappa shape index (κ3) is 4.26. The standard InChI is InChI=1S/C17H27N7O/c1-14-15(16(25-3)22(2)21-14)13-18-7-8-23-9-11-24(12-10-23)17-19-5-4-6-20-17/h4-6,18H,7-13H2,1-3H3. The Hall–Kier alpha value is -2.19. The predicted octanol–water partition coefficient (Wildman–Crippen LogP) is 0.439. The summed E-state index contributed by atoms with van der Waals surface area (Å²) < 4.78 is 7.22. The van der Waals surface area contributed by atoms with E-state index in [9.17, 15) is 0 Å². The fourth-order valence-electron chi connectivity index (χ4n) is 3.22. The van der Waals surface area contributed by atoms with Crippen molar-refractivity contribution < 1.29 is 4.74 Å².